The highest BCUT2D eigenvalue weighted by Gasteiger charge is 2.27. The van der Waals surface area contributed by atoms with Crippen molar-refractivity contribution in [2.75, 3.05) is 0 Å². The van der Waals surface area contributed by atoms with Gasteiger partial charge in [-0.25, -0.2) is 4.98 Å². The summed E-state index contributed by atoms with van der Waals surface area (Å²) in [6, 6.07) is 13.1. The van der Waals surface area contributed by atoms with Gasteiger partial charge in [0, 0.05) is 10.9 Å². The Labute approximate surface area is 140 Å². The number of benzene rings is 1. The average Bonchev–Trinajstić information content (AvgIpc) is 3.22. The van der Waals surface area contributed by atoms with Crippen molar-refractivity contribution < 1.29 is 0 Å². The molecule has 0 spiro atoms. The zero-order chi connectivity index (χ0) is 15.6. The maximum Gasteiger partial charge on any atom is 0.172 e. The first kappa shape index (κ1) is 14.6. The van der Waals surface area contributed by atoms with Gasteiger partial charge in [-0.3, -0.25) is 10.4 Å². The minimum atomic E-state index is 0.0111. The van der Waals surface area contributed by atoms with Gasteiger partial charge in [0.2, 0.25) is 0 Å². The van der Waals surface area contributed by atoms with E-state index in [1.165, 1.54) is 28.8 Å². The standard InChI is InChI=1S/C18H20N4S/c1-12-19-18(22-21-12)17(13-6-3-2-4-7-13)20-15-8-5-9-16-14(15)10-11-23-16/h2-4,6-7,10-11,15,17,20H,5,8-9H2,1H3,(H,19,21,22)/t15-,17+/m0/s1. The maximum absolute atomic E-state index is 4.57. The normalized spacial score (nSPS) is 18.6. The van der Waals surface area contributed by atoms with Crippen molar-refractivity contribution >= 4 is 11.3 Å². The summed E-state index contributed by atoms with van der Waals surface area (Å²) in [4.78, 5) is 6.09. The van der Waals surface area contributed by atoms with Crippen LogP contribution in [0.1, 0.15) is 52.6 Å². The minimum Gasteiger partial charge on any atom is -0.297 e. The van der Waals surface area contributed by atoms with Gasteiger partial charge in [-0.15, -0.1) is 11.3 Å². The Kier molecular flexibility index (Phi) is 3.97. The first-order valence-electron chi connectivity index (χ1n) is 8.07. The number of hydrogen-bond donors (Lipinski definition) is 2. The van der Waals surface area contributed by atoms with E-state index in [0.29, 0.717) is 6.04 Å². The number of aryl methyl sites for hydroxylation is 2. The van der Waals surface area contributed by atoms with Gasteiger partial charge in [-0.1, -0.05) is 30.3 Å². The molecule has 1 aliphatic rings. The Bertz CT molecular complexity index is 777. The highest BCUT2D eigenvalue weighted by molar-refractivity contribution is 7.10. The SMILES string of the molecule is Cc1nc([C@H](N[C@H]2CCCc3sccc32)c2ccccc2)n[nH]1. The minimum absolute atomic E-state index is 0.0111. The van der Waals surface area contributed by atoms with E-state index in [0.717, 1.165) is 18.1 Å². The predicted molar refractivity (Wildman–Crippen MR) is 92.5 cm³/mol. The lowest BCUT2D eigenvalue weighted by atomic mass is 9.92. The van der Waals surface area contributed by atoms with E-state index in [4.69, 9.17) is 0 Å². The number of aromatic nitrogens is 3. The third-order valence-corrected chi connectivity index (χ3v) is 5.42. The molecule has 2 atom stereocenters. The fourth-order valence-electron chi connectivity index (χ4n) is 3.32. The molecule has 0 bridgehead atoms. The summed E-state index contributed by atoms with van der Waals surface area (Å²) in [5, 5.41) is 13.4. The molecule has 118 valence electrons. The summed E-state index contributed by atoms with van der Waals surface area (Å²) in [5.74, 6) is 1.67. The van der Waals surface area contributed by atoms with Crippen LogP contribution < -0.4 is 5.32 Å². The van der Waals surface area contributed by atoms with E-state index in [1.807, 2.05) is 24.3 Å². The lowest BCUT2D eigenvalue weighted by Gasteiger charge is -2.28. The zero-order valence-electron chi connectivity index (χ0n) is 13.1. The van der Waals surface area contributed by atoms with Crippen LogP contribution in [-0.2, 0) is 6.42 Å². The highest BCUT2D eigenvalue weighted by atomic mass is 32.1. The van der Waals surface area contributed by atoms with Gasteiger partial charge in [-0.05, 0) is 48.8 Å². The van der Waals surface area contributed by atoms with Crippen LogP contribution in [0.3, 0.4) is 0 Å². The Morgan fingerprint density at radius 1 is 1.26 bits per heavy atom. The molecule has 1 aliphatic carbocycles. The number of nitrogens with zero attached hydrogens (tertiary/aromatic N) is 2. The number of H-pyrrole nitrogens is 1. The first-order chi connectivity index (χ1) is 11.3. The van der Waals surface area contributed by atoms with Crippen LogP contribution >= 0.6 is 11.3 Å². The van der Waals surface area contributed by atoms with E-state index in [-0.39, 0.29) is 6.04 Å². The second kappa shape index (κ2) is 6.26. The molecule has 0 amide bonds. The number of thiophene rings is 1. The van der Waals surface area contributed by atoms with Crippen molar-refractivity contribution in [2.45, 2.75) is 38.3 Å². The van der Waals surface area contributed by atoms with Crippen LogP contribution in [0.25, 0.3) is 0 Å². The first-order valence-corrected chi connectivity index (χ1v) is 8.95. The zero-order valence-corrected chi connectivity index (χ0v) is 13.9. The lowest BCUT2D eigenvalue weighted by Crippen LogP contribution is -2.30. The third kappa shape index (κ3) is 2.94. The van der Waals surface area contributed by atoms with Crippen molar-refractivity contribution in [3.63, 3.8) is 0 Å². The molecule has 4 rings (SSSR count). The fourth-order valence-corrected chi connectivity index (χ4v) is 4.30. The summed E-state index contributed by atoms with van der Waals surface area (Å²) in [7, 11) is 0. The number of nitrogens with one attached hydrogen (secondary N) is 2. The number of fused-ring (bicyclic) bond motifs is 1. The van der Waals surface area contributed by atoms with Gasteiger partial charge >= 0.3 is 0 Å². The van der Waals surface area contributed by atoms with Crippen LogP contribution in [-0.4, -0.2) is 15.2 Å². The van der Waals surface area contributed by atoms with Gasteiger partial charge in [0.1, 0.15) is 5.82 Å². The number of aromatic amines is 1. The van der Waals surface area contributed by atoms with Crippen molar-refractivity contribution in [1.29, 1.82) is 0 Å². The van der Waals surface area contributed by atoms with Crippen LogP contribution in [0.5, 0.6) is 0 Å². The maximum atomic E-state index is 4.57. The fraction of sp³-hybridized carbons (Fsp3) is 0.333. The van der Waals surface area contributed by atoms with Crippen molar-refractivity contribution in [1.82, 2.24) is 20.5 Å². The molecule has 0 unspecified atom stereocenters. The van der Waals surface area contributed by atoms with Gasteiger partial charge in [-0.2, -0.15) is 5.10 Å². The topological polar surface area (TPSA) is 53.6 Å². The third-order valence-electron chi connectivity index (χ3n) is 4.43. The highest BCUT2D eigenvalue weighted by Crippen LogP contribution is 2.35. The molecule has 2 N–H and O–H groups in total. The molecule has 0 saturated heterocycles. The Morgan fingerprint density at radius 3 is 2.91 bits per heavy atom. The van der Waals surface area contributed by atoms with Gasteiger partial charge in [0.25, 0.3) is 0 Å². The van der Waals surface area contributed by atoms with E-state index in [9.17, 15) is 0 Å². The van der Waals surface area contributed by atoms with Crippen molar-refractivity contribution in [2.24, 2.45) is 0 Å². The smallest absolute Gasteiger partial charge is 0.172 e. The van der Waals surface area contributed by atoms with E-state index in [2.05, 4.69) is 56.2 Å². The number of hydrogen-bond acceptors (Lipinski definition) is 4. The van der Waals surface area contributed by atoms with Gasteiger partial charge < -0.3 is 0 Å². The number of rotatable bonds is 4. The summed E-state index contributed by atoms with van der Waals surface area (Å²) in [5.41, 5.74) is 2.66. The molecular formula is C18H20N4S. The molecule has 0 radical (unpaired) electrons. The molecule has 3 aromatic rings. The Balaban J connectivity index is 1.67. The predicted octanol–water partition coefficient (Wildman–Crippen LogP) is 3.93. The van der Waals surface area contributed by atoms with Crippen LogP contribution in [0.2, 0.25) is 0 Å². The Hall–Kier alpha value is -1.98. The van der Waals surface area contributed by atoms with E-state index in [1.54, 1.807) is 0 Å². The van der Waals surface area contributed by atoms with Crippen LogP contribution in [0.4, 0.5) is 0 Å². The molecular weight excluding hydrogens is 304 g/mol. The van der Waals surface area contributed by atoms with E-state index >= 15 is 0 Å². The van der Waals surface area contributed by atoms with Crippen molar-refractivity contribution in [3.8, 4) is 0 Å². The van der Waals surface area contributed by atoms with Gasteiger partial charge in [0.15, 0.2) is 5.82 Å². The van der Waals surface area contributed by atoms with E-state index < -0.39 is 0 Å². The van der Waals surface area contributed by atoms with Gasteiger partial charge in [0.05, 0.1) is 6.04 Å². The van der Waals surface area contributed by atoms with Crippen LogP contribution in [0, 0.1) is 6.92 Å². The summed E-state index contributed by atoms with van der Waals surface area (Å²) in [6.07, 6.45) is 3.61. The molecule has 5 heteroatoms. The molecule has 0 saturated carbocycles. The van der Waals surface area contributed by atoms with Crippen molar-refractivity contribution in [3.05, 3.63) is 69.4 Å². The summed E-state index contributed by atoms with van der Waals surface area (Å²) in [6.45, 7) is 1.94. The molecule has 2 aromatic heterocycles. The molecule has 1 aromatic carbocycles. The summed E-state index contributed by atoms with van der Waals surface area (Å²) < 4.78 is 0. The lowest BCUT2D eigenvalue weighted by molar-refractivity contribution is 0.423. The largest absolute Gasteiger partial charge is 0.297 e. The molecule has 0 aliphatic heterocycles. The monoisotopic (exact) mass is 324 g/mol. The molecule has 23 heavy (non-hydrogen) atoms. The molecule has 4 nitrogen and oxygen atoms in total. The van der Waals surface area contributed by atoms with Crippen LogP contribution in [0.15, 0.2) is 41.8 Å². The second-order valence-electron chi connectivity index (χ2n) is 6.03. The quantitative estimate of drug-likeness (QED) is 0.764. The molecule has 0 fully saturated rings. The average molecular weight is 324 g/mol. The molecule has 2 heterocycles. The summed E-state index contributed by atoms with van der Waals surface area (Å²) >= 11 is 1.87. The second-order valence-corrected chi connectivity index (χ2v) is 7.03. The Morgan fingerprint density at radius 2 is 2.13 bits per heavy atom.